The Balaban J connectivity index is 1.50. The molecule has 0 spiro atoms. The maximum absolute atomic E-state index is 14.4. The summed E-state index contributed by atoms with van der Waals surface area (Å²) in [6.45, 7) is 5.36. The minimum Gasteiger partial charge on any atom is -0.491 e. The van der Waals surface area contributed by atoms with Crippen molar-refractivity contribution >= 4 is 0 Å². The fourth-order valence-electron chi connectivity index (χ4n) is 3.78. The number of unbranched alkanes of at least 4 members (excludes halogenated alkanes) is 2. The Morgan fingerprint density at radius 1 is 0.967 bits per heavy atom. The fraction of sp³-hybridized carbons (Fsp3) is 0.520. The molecule has 2 unspecified atom stereocenters. The van der Waals surface area contributed by atoms with E-state index >= 15 is 0 Å². The predicted molar refractivity (Wildman–Crippen MR) is 115 cm³/mol. The van der Waals surface area contributed by atoms with E-state index in [0.717, 1.165) is 24.8 Å². The Hall–Kier alpha value is -1.98. The monoisotopic (exact) mass is 418 g/mol. The van der Waals surface area contributed by atoms with Crippen LogP contribution >= 0.6 is 0 Å². The third kappa shape index (κ3) is 6.02. The van der Waals surface area contributed by atoms with Gasteiger partial charge in [-0.2, -0.15) is 4.39 Å². The molecule has 2 aromatic rings. The SMILES string of the molecule is CCCCCC1CCC(OCc2ccc(-c3ccc(OCC)c(F)c3F)cc2)CO1. The summed E-state index contributed by atoms with van der Waals surface area (Å²) in [5.41, 5.74) is 1.84. The van der Waals surface area contributed by atoms with Crippen LogP contribution in [0.3, 0.4) is 0 Å². The van der Waals surface area contributed by atoms with Gasteiger partial charge in [-0.15, -0.1) is 0 Å². The van der Waals surface area contributed by atoms with Crippen LogP contribution in [0.4, 0.5) is 8.78 Å². The molecule has 0 bridgehead atoms. The number of hydrogen-bond donors (Lipinski definition) is 0. The normalized spacial score (nSPS) is 19.1. The number of benzene rings is 2. The molecule has 2 atom stereocenters. The quantitative estimate of drug-likeness (QED) is 0.403. The van der Waals surface area contributed by atoms with Gasteiger partial charge in [-0.3, -0.25) is 0 Å². The van der Waals surface area contributed by atoms with Crippen LogP contribution in [0.25, 0.3) is 11.1 Å². The number of hydrogen-bond acceptors (Lipinski definition) is 3. The van der Waals surface area contributed by atoms with E-state index in [1.165, 1.54) is 25.3 Å². The van der Waals surface area contributed by atoms with Crippen molar-refractivity contribution < 1.29 is 23.0 Å². The topological polar surface area (TPSA) is 27.7 Å². The summed E-state index contributed by atoms with van der Waals surface area (Å²) in [7, 11) is 0. The highest BCUT2D eigenvalue weighted by Crippen LogP contribution is 2.30. The van der Waals surface area contributed by atoms with Gasteiger partial charge in [0, 0.05) is 5.56 Å². The molecule has 5 heteroatoms. The molecule has 2 aromatic carbocycles. The molecule has 3 rings (SSSR count). The molecule has 1 aliphatic heterocycles. The highest BCUT2D eigenvalue weighted by atomic mass is 19.2. The van der Waals surface area contributed by atoms with Crippen molar-refractivity contribution in [1.82, 2.24) is 0 Å². The molecule has 0 aliphatic carbocycles. The van der Waals surface area contributed by atoms with Crippen LogP contribution in [0.15, 0.2) is 36.4 Å². The lowest BCUT2D eigenvalue weighted by atomic mass is 10.0. The van der Waals surface area contributed by atoms with Gasteiger partial charge in [-0.1, -0.05) is 50.5 Å². The number of ether oxygens (including phenoxy) is 3. The van der Waals surface area contributed by atoms with E-state index in [4.69, 9.17) is 14.2 Å². The van der Waals surface area contributed by atoms with Crippen LogP contribution in [0.5, 0.6) is 5.75 Å². The summed E-state index contributed by atoms with van der Waals surface area (Å²) in [6, 6.07) is 10.4. The molecular formula is C25H32F2O3. The first-order chi connectivity index (χ1) is 14.6. The first kappa shape index (κ1) is 22.7. The summed E-state index contributed by atoms with van der Waals surface area (Å²) >= 11 is 0. The molecule has 1 aliphatic rings. The maximum atomic E-state index is 14.4. The zero-order valence-corrected chi connectivity index (χ0v) is 18.0. The van der Waals surface area contributed by atoms with Crippen molar-refractivity contribution in [2.24, 2.45) is 0 Å². The van der Waals surface area contributed by atoms with Crippen molar-refractivity contribution in [2.75, 3.05) is 13.2 Å². The first-order valence-corrected chi connectivity index (χ1v) is 11.1. The fourth-order valence-corrected chi connectivity index (χ4v) is 3.78. The van der Waals surface area contributed by atoms with E-state index in [0.29, 0.717) is 24.9 Å². The number of halogens is 2. The molecule has 164 valence electrons. The molecule has 0 amide bonds. The molecule has 1 fully saturated rings. The molecule has 0 N–H and O–H groups in total. The molecule has 1 saturated heterocycles. The molecule has 0 saturated carbocycles. The summed E-state index contributed by atoms with van der Waals surface area (Å²) in [4.78, 5) is 0. The minimum absolute atomic E-state index is 0.0638. The Labute approximate surface area is 178 Å². The third-order valence-electron chi connectivity index (χ3n) is 5.56. The summed E-state index contributed by atoms with van der Waals surface area (Å²) in [5, 5.41) is 0. The lowest BCUT2D eigenvalue weighted by molar-refractivity contribution is -0.0927. The highest BCUT2D eigenvalue weighted by Gasteiger charge is 2.22. The van der Waals surface area contributed by atoms with E-state index in [2.05, 4.69) is 6.92 Å². The molecule has 0 radical (unpaired) electrons. The Bertz CT molecular complexity index is 784. The third-order valence-corrected chi connectivity index (χ3v) is 5.56. The van der Waals surface area contributed by atoms with E-state index in [-0.39, 0.29) is 24.0 Å². The predicted octanol–water partition coefficient (Wildman–Crippen LogP) is 6.68. The zero-order valence-electron chi connectivity index (χ0n) is 18.0. The molecule has 30 heavy (non-hydrogen) atoms. The lowest BCUT2D eigenvalue weighted by Crippen LogP contribution is -2.31. The minimum atomic E-state index is -0.952. The van der Waals surface area contributed by atoms with Gasteiger partial charge in [0.1, 0.15) is 0 Å². The zero-order chi connectivity index (χ0) is 21.3. The van der Waals surface area contributed by atoms with E-state index in [1.807, 2.05) is 12.1 Å². The molecule has 3 nitrogen and oxygen atoms in total. The summed E-state index contributed by atoms with van der Waals surface area (Å²) in [5.74, 6) is -1.91. The van der Waals surface area contributed by atoms with Crippen molar-refractivity contribution in [3.05, 3.63) is 53.6 Å². The van der Waals surface area contributed by atoms with E-state index in [9.17, 15) is 8.78 Å². The van der Waals surface area contributed by atoms with Crippen molar-refractivity contribution in [3.63, 3.8) is 0 Å². The molecular weight excluding hydrogens is 386 g/mol. The van der Waals surface area contributed by atoms with Gasteiger partial charge in [-0.05, 0) is 49.4 Å². The van der Waals surface area contributed by atoms with Gasteiger partial charge < -0.3 is 14.2 Å². The second-order valence-electron chi connectivity index (χ2n) is 7.83. The maximum Gasteiger partial charge on any atom is 0.201 e. The molecule has 0 aromatic heterocycles. The smallest absolute Gasteiger partial charge is 0.201 e. The molecule has 1 heterocycles. The largest absolute Gasteiger partial charge is 0.491 e. The van der Waals surface area contributed by atoms with Gasteiger partial charge in [0.05, 0.1) is 32.0 Å². The average Bonchev–Trinajstić information content (AvgIpc) is 2.77. The second kappa shape index (κ2) is 11.4. The average molecular weight is 419 g/mol. The van der Waals surface area contributed by atoms with Crippen molar-refractivity contribution in [3.8, 4) is 16.9 Å². The van der Waals surface area contributed by atoms with Gasteiger partial charge in [-0.25, -0.2) is 4.39 Å². The highest BCUT2D eigenvalue weighted by molar-refractivity contribution is 5.65. The number of rotatable bonds is 10. The van der Waals surface area contributed by atoms with Crippen LogP contribution in [-0.4, -0.2) is 25.4 Å². The van der Waals surface area contributed by atoms with Crippen LogP contribution in [0.1, 0.15) is 57.9 Å². The van der Waals surface area contributed by atoms with E-state index < -0.39 is 11.6 Å². The van der Waals surface area contributed by atoms with Gasteiger partial charge >= 0.3 is 0 Å². The Kier molecular flexibility index (Phi) is 8.64. The van der Waals surface area contributed by atoms with Crippen molar-refractivity contribution in [1.29, 1.82) is 0 Å². The van der Waals surface area contributed by atoms with Gasteiger partial charge in [0.15, 0.2) is 11.6 Å². The Morgan fingerprint density at radius 3 is 2.43 bits per heavy atom. The summed E-state index contributed by atoms with van der Waals surface area (Å²) < 4.78 is 45.6. The van der Waals surface area contributed by atoms with Crippen molar-refractivity contribution in [2.45, 2.75) is 71.2 Å². The van der Waals surface area contributed by atoms with Crippen LogP contribution < -0.4 is 4.74 Å². The summed E-state index contributed by atoms with van der Waals surface area (Å²) in [6.07, 6.45) is 7.44. The van der Waals surface area contributed by atoms with Crippen LogP contribution in [0.2, 0.25) is 0 Å². The standard InChI is InChI=1S/C25H32F2O3/c1-3-5-6-7-20-12-13-21(17-30-20)29-16-18-8-10-19(11-9-18)22-14-15-23(28-4-2)25(27)24(22)26/h8-11,14-15,20-21H,3-7,12-13,16-17H2,1-2H3. The first-order valence-electron chi connectivity index (χ1n) is 11.1. The van der Waals surface area contributed by atoms with Crippen LogP contribution in [0, 0.1) is 11.6 Å². The van der Waals surface area contributed by atoms with Gasteiger partial charge in [0.25, 0.3) is 0 Å². The Morgan fingerprint density at radius 2 is 1.77 bits per heavy atom. The van der Waals surface area contributed by atoms with Gasteiger partial charge in [0.2, 0.25) is 5.82 Å². The lowest BCUT2D eigenvalue weighted by Gasteiger charge is -2.29. The van der Waals surface area contributed by atoms with Crippen LogP contribution in [-0.2, 0) is 16.1 Å². The second-order valence-corrected chi connectivity index (χ2v) is 7.83. The van der Waals surface area contributed by atoms with E-state index in [1.54, 1.807) is 25.1 Å².